The van der Waals surface area contributed by atoms with Crippen molar-refractivity contribution < 1.29 is 22.0 Å². The Balaban J connectivity index is 1.78. The van der Waals surface area contributed by atoms with Gasteiger partial charge >= 0.3 is 6.18 Å². The van der Waals surface area contributed by atoms with E-state index < -0.39 is 23.8 Å². The lowest BCUT2D eigenvalue weighted by molar-refractivity contribution is -0.145. The highest BCUT2D eigenvalue weighted by Crippen LogP contribution is 2.48. The number of rotatable bonds is 4. The average molecular weight is 388 g/mol. The van der Waals surface area contributed by atoms with Crippen molar-refractivity contribution in [2.75, 3.05) is 5.32 Å². The van der Waals surface area contributed by atoms with Gasteiger partial charge in [-0.15, -0.1) is 0 Å². The number of allylic oxidation sites excluding steroid dienone is 1. The minimum absolute atomic E-state index is 0.0608. The van der Waals surface area contributed by atoms with Crippen LogP contribution >= 0.6 is 0 Å². The van der Waals surface area contributed by atoms with Gasteiger partial charge in [-0.1, -0.05) is 36.4 Å². The lowest BCUT2D eigenvalue weighted by Crippen LogP contribution is -2.35. The first-order chi connectivity index (χ1) is 13.4. The van der Waals surface area contributed by atoms with Crippen LogP contribution in [0.3, 0.4) is 0 Å². The first kappa shape index (κ1) is 18.3. The van der Waals surface area contributed by atoms with Crippen molar-refractivity contribution in [1.82, 2.24) is 4.98 Å². The summed E-state index contributed by atoms with van der Waals surface area (Å²) < 4.78 is 59.3. The summed E-state index contributed by atoms with van der Waals surface area (Å²) in [5, 5.41) is 2.88. The standard InChI is InChI=1S/C21H16F4N2O/c22-15-8-10-16(11-9-15)26-19-27-18-17(28-19)7-4-12-20(18,13-21(23,24)25)14-5-2-1-3-6-14/h1-11H,12-13H2,(H,26,27). The second-order valence-corrected chi connectivity index (χ2v) is 6.71. The molecule has 144 valence electrons. The summed E-state index contributed by atoms with van der Waals surface area (Å²) in [7, 11) is 0. The Morgan fingerprint density at radius 2 is 1.75 bits per heavy atom. The van der Waals surface area contributed by atoms with Gasteiger partial charge in [0.05, 0.1) is 17.5 Å². The van der Waals surface area contributed by atoms with Gasteiger partial charge < -0.3 is 9.73 Å². The number of aromatic nitrogens is 1. The highest BCUT2D eigenvalue weighted by atomic mass is 19.4. The van der Waals surface area contributed by atoms with E-state index in [2.05, 4.69) is 10.3 Å². The van der Waals surface area contributed by atoms with Gasteiger partial charge in [0.15, 0.2) is 5.76 Å². The molecular formula is C21H16F4N2O. The predicted octanol–water partition coefficient (Wildman–Crippen LogP) is 6.21. The fraction of sp³-hybridized carbons (Fsp3) is 0.190. The van der Waals surface area contributed by atoms with Crippen LogP contribution < -0.4 is 5.32 Å². The molecule has 4 rings (SSSR count). The lowest BCUT2D eigenvalue weighted by atomic mass is 9.69. The first-order valence-corrected chi connectivity index (χ1v) is 8.68. The van der Waals surface area contributed by atoms with E-state index in [0.717, 1.165) is 0 Å². The Morgan fingerprint density at radius 3 is 2.43 bits per heavy atom. The molecular weight excluding hydrogens is 372 g/mol. The molecule has 0 bridgehead atoms. The molecule has 2 aromatic carbocycles. The zero-order chi connectivity index (χ0) is 19.8. The van der Waals surface area contributed by atoms with E-state index in [4.69, 9.17) is 4.42 Å². The summed E-state index contributed by atoms with van der Waals surface area (Å²) >= 11 is 0. The van der Waals surface area contributed by atoms with Crippen LogP contribution in [-0.2, 0) is 5.41 Å². The third kappa shape index (κ3) is 3.52. The molecule has 28 heavy (non-hydrogen) atoms. The van der Waals surface area contributed by atoms with Crippen LogP contribution in [0.5, 0.6) is 0 Å². The van der Waals surface area contributed by atoms with E-state index in [9.17, 15) is 17.6 Å². The molecule has 0 spiro atoms. The minimum atomic E-state index is -4.39. The number of nitrogens with one attached hydrogen (secondary N) is 1. The molecule has 1 N–H and O–H groups in total. The van der Waals surface area contributed by atoms with Gasteiger partial charge in [-0.25, -0.2) is 4.39 Å². The molecule has 7 heteroatoms. The predicted molar refractivity (Wildman–Crippen MR) is 97.7 cm³/mol. The largest absolute Gasteiger partial charge is 0.424 e. The van der Waals surface area contributed by atoms with Crippen LogP contribution in [-0.4, -0.2) is 11.2 Å². The molecule has 0 saturated heterocycles. The molecule has 1 aromatic heterocycles. The smallest absolute Gasteiger partial charge is 0.390 e. The number of alkyl halides is 3. The number of hydrogen-bond acceptors (Lipinski definition) is 3. The molecule has 1 unspecified atom stereocenters. The van der Waals surface area contributed by atoms with Gasteiger partial charge in [0.25, 0.3) is 6.01 Å². The molecule has 0 radical (unpaired) electrons. The minimum Gasteiger partial charge on any atom is -0.424 e. The molecule has 1 atom stereocenters. The van der Waals surface area contributed by atoms with Gasteiger partial charge in [0.1, 0.15) is 5.82 Å². The summed E-state index contributed by atoms with van der Waals surface area (Å²) in [5.74, 6) is -0.114. The first-order valence-electron chi connectivity index (χ1n) is 8.68. The van der Waals surface area contributed by atoms with Crippen molar-refractivity contribution in [2.24, 2.45) is 0 Å². The van der Waals surface area contributed by atoms with Crippen LogP contribution in [0.4, 0.5) is 29.3 Å². The van der Waals surface area contributed by atoms with E-state index in [1.807, 2.05) is 0 Å². The van der Waals surface area contributed by atoms with Gasteiger partial charge in [0, 0.05) is 5.69 Å². The number of fused-ring (bicyclic) bond motifs is 1. The SMILES string of the molecule is Fc1ccc(Nc2nc3c(o2)C=CCC3(CC(F)(F)F)c2ccccc2)cc1. The van der Waals surface area contributed by atoms with Crippen molar-refractivity contribution in [1.29, 1.82) is 0 Å². The summed E-state index contributed by atoms with van der Waals surface area (Å²) in [6, 6.07) is 14.1. The Hall–Kier alpha value is -3.09. The van der Waals surface area contributed by atoms with Crippen LogP contribution in [0, 0.1) is 5.82 Å². The maximum atomic E-state index is 13.5. The van der Waals surface area contributed by atoms with Crippen molar-refractivity contribution in [3.8, 4) is 0 Å². The number of benzene rings is 2. The highest BCUT2D eigenvalue weighted by molar-refractivity contribution is 5.60. The van der Waals surface area contributed by atoms with Crippen molar-refractivity contribution in [3.05, 3.63) is 83.5 Å². The van der Waals surface area contributed by atoms with E-state index in [0.29, 0.717) is 11.3 Å². The van der Waals surface area contributed by atoms with E-state index in [1.165, 1.54) is 24.3 Å². The van der Waals surface area contributed by atoms with Crippen LogP contribution in [0.25, 0.3) is 6.08 Å². The summed E-state index contributed by atoms with van der Waals surface area (Å²) in [4.78, 5) is 4.36. The molecule has 1 aliphatic rings. The van der Waals surface area contributed by atoms with Gasteiger partial charge in [0.2, 0.25) is 0 Å². The lowest BCUT2D eigenvalue weighted by Gasteiger charge is -2.34. The fourth-order valence-electron chi connectivity index (χ4n) is 3.57. The monoisotopic (exact) mass is 388 g/mol. The van der Waals surface area contributed by atoms with Gasteiger partial charge in [-0.2, -0.15) is 18.2 Å². The fourth-order valence-corrected chi connectivity index (χ4v) is 3.57. The quantitative estimate of drug-likeness (QED) is 0.540. The topological polar surface area (TPSA) is 38.1 Å². The molecule has 0 saturated carbocycles. The summed E-state index contributed by atoms with van der Waals surface area (Å²) in [6.07, 6.45) is -1.97. The molecule has 3 nitrogen and oxygen atoms in total. The maximum absolute atomic E-state index is 13.5. The highest BCUT2D eigenvalue weighted by Gasteiger charge is 2.48. The van der Waals surface area contributed by atoms with Crippen molar-refractivity contribution in [3.63, 3.8) is 0 Å². The Kier molecular flexibility index (Phi) is 4.45. The number of hydrogen-bond donors (Lipinski definition) is 1. The molecule has 1 heterocycles. The Bertz CT molecular complexity index is 993. The van der Waals surface area contributed by atoms with Crippen LogP contribution in [0.1, 0.15) is 29.9 Å². The Labute approximate surface area is 158 Å². The zero-order valence-corrected chi connectivity index (χ0v) is 14.6. The van der Waals surface area contributed by atoms with E-state index in [-0.39, 0.29) is 23.9 Å². The third-order valence-corrected chi connectivity index (χ3v) is 4.77. The molecule has 0 aliphatic heterocycles. The normalized spacial score (nSPS) is 18.7. The Morgan fingerprint density at radius 1 is 1.04 bits per heavy atom. The van der Waals surface area contributed by atoms with E-state index >= 15 is 0 Å². The van der Waals surface area contributed by atoms with Crippen molar-refractivity contribution >= 4 is 17.8 Å². The average Bonchev–Trinajstić information content (AvgIpc) is 3.07. The summed E-state index contributed by atoms with van der Waals surface area (Å²) in [5.41, 5.74) is -0.0803. The molecule has 1 aliphatic carbocycles. The number of anilines is 2. The number of halogens is 4. The second kappa shape index (κ2) is 6.82. The summed E-state index contributed by atoms with van der Waals surface area (Å²) in [6.45, 7) is 0. The second-order valence-electron chi connectivity index (χ2n) is 6.71. The maximum Gasteiger partial charge on any atom is 0.390 e. The van der Waals surface area contributed by atoms with Crippen molar-refractivity contribution in [2.45, 2.75) is 24.4 Å². The number of nitrogens with zero attached hydrogens (tertiary/aromatic N) is 1. The zero-order valence-electron chi connectivity index (χ0n) is 14.6. The van der Waals surface area contributed by atoms with Gasteiger partial charge in [-0.05, 0) is 42.3 Å². The third-order valence-electron chi connectivity index (χ3n) is 4.77. The van der Waals surface area contributed by atoms with E-state index in [1.54, 1.807) is 42.5 Å². The van der Waals surface area contributed by atoms with Crippen LogP contribution in [0.2, 0.25) is 0 Å². The number of oxazole rings is 1. The van der Waals surface area contributed by atoms with Gasteiger partial charge in [-0.3, -0.25) is 0 Å². The molecule has 0 amide bonds. The van der Waals surface area contributed by atoms with Crippen LogP contribution in [0.15, 0.2) is 65.1 Å². The molecule has 3 aromatic rings. The molecule has 0 fully saturated rings.